The summed E-state index contributed by atoms with van der Waals surface area (Å²) in [5.41, 5.74) is 13.4. The molecule has 0 spiro atoms. The van der Waals surface area contributed by atoms with Gasteiger partial charge in [0.1, 0.15) is 0 Å². The van der Waals surface area contributed by atoms with Crippen molar-refractivity contribution in [3.63, 3.8) is 0 Å². The summed E-state index contributed by atoms with van der Waals surface area (Å²) in [5, 5.41) is 2.53. The number of halogens is 2. The molecule has 2 aromatic carbocycles. The van der Waals surface area contributed by atoms with E-state index >= 15 is 0 Å². The Hall–Kier alpha value is -0.696. The first-order chi connectivity index (χ1) is 10.7. The zero-order valence-corrected chi connectivity index (χ0v) is 19.5. The summed E-state index contributed by atoms with van der Waals surface area (Å²) in [6.07, 6.45) is 3.34. The second-order valence-corrected chi connectivity index (χ2v) is 7.39. The molecule has 1 N–H and O–H groups in total. The Morgan fingerprint density at radius 3 is 2.00 bits per heavy atom. The standard InChI is InChI=1S/C18H17.C4H10N.2ClH.Ti/c1-12-10-13(2)18(11-12)17-9-8-15-6-4-5-7-16(15)14(17)3;1-4(2,3)5;;;/h4-10H,3,11H2,1-2H3;5H,1-3H3;2*1H;/q2*-1;;;+2. The summed E-state index contributed by atoms with van der Waals surface area (Å²) in [7, 11) is 0. The number of nitrogens with one attached hydrogen (secondary N) is 1. The van der Waals surface area contributed by atoms with Gasteiger partial charge in [0.25, 0.3) is 0 Å². The average Bonchev–Trinajstić information content (AvgIpc) is 2.76. The molecule has 0 unspecified atom stereocenters. The van der Waals surface area contributed by atoms with E-state index in [1.807, 2.05) is 20.8 Å². The fourth-order valence-electron chi connectivity index (χ4n) is 2.85. The third-order valence-electron chi connectivity index (χ3n) is 3.76. The molecule has 140 valence electrons. The second kappa shape index (κ2) is 11.2. The van der Waals surface area contributed by atoms with Gasteiger partial charge in [0, 0.05) is 0 Å². The molecule has 0 radical (unpaired) electrons. The van der Waals surface area contributed by atoms with Crippen molar-refractivity contribution in [1.82, 2.24) is 0 Å². The molecule has 0 amide bonds. The van der Waals surface area contributed by atoms with Crippen molar-refractivity contribution >= 4 is 41.2 Å². The second-order valence-electron chi connectivity index (χ2n) is 7.39. The van der Waals surface area contributed by atoms with Gasteiger partial charge in [0.05, 0.1) is 0 Å². The molecule has 4 heteroatoms. The number of hydrogen-bond acceptors (Lipinski definition) is 0. The Balaban J connectivity index is 0. The van der Waals surface area contributed by atoms with Crippen LogP contribution in [0.2, 0.25) is 0 Å². The van der Waals surface area contributed by atoms with Gasteiger partial charge in [-0.3, -0.25) is 0 Å². The van der Waals surface area contributed by atoms with E-state index in [-0.39, 0.29) is 52.1 Å². The van der Waals surface area contributed by atoms with Crippen LogP contribution in [-0.2, 0) is 21.7 Å². The molecule has 1 aliphatic rings. The van der Waals surface area contributed by atoms with Crippen molar-refractivity contribution in [3.8, 4) is 0 Å². The van der Waals surface area contributed by atoms with E-state index in [1.165, 1.54) is 33.1 Å². The van der Waals surface area contributed by atoms with Crippen LogP contribution in [0.25, 0.3) is 22.1 Å². The van der Waals surface area contributed by atoms with Gasteiger partial charge in [0.15, 0.2) is 0 Å². The normalized spacial score (nSPS) is 12.9. The van der Waals surface area contributed by atoms with Crippen LogP contribution in [0.3, 0.4) is 0 Å². The van der Waals surface area contributed by atoms with Gasteiger partial charge in [-0.1, -0.05) is 73.2 Å². The summed E-state index contributed by atoms with van der Waals surface area (Å²) in [6, 6.07) is 12.9. The number of hydrogen-bond donors (Lipinski definition) is 0. The molecule has 0 saturated heterocycles. The van der Waals surface area contributed by atoms with Crippen LogP contribution in [0.4, 0.5) is 0 Å². The molecular formula is C22H29Cl2NTi. The minimum absolute atomic E-state index is 0. The third-order valence-corrected chi connectivity index (χ3v) is 3.76. The van der Waals surface area contributed by atoms with Gasteiger partial charge in [-0.2, -0.15) is 12.5 Å². The minimum atomic E-state index is -0.250. The largest absolute Gasteiger partial charge is 2.00 e. The van der Waals surface area contributed by atoms with E-state index in [1.54, 1.807) is 0 Å². The Morgan fingerprint density at radius 2 is 1.50 bits per heavy atom. The van der Waals surface area contributed by atoms with Crippen molar-refractivity contribution in [3.05, 3.63) is 77.4 Å². The first-order valence-corrected chi connectivity index (χ1v) is 8.13. The van der Waals surface area contributed by atoms with E-state index in [4.69, 9.17) is 5.73 Å². The van der Waals surface area contributed by atoms with Crippen LogP contribution in [0.1, 0.15) is 52.2 Å². The van der Waals surface area contributed by atoms with Gasteiger partial charge in [-0.25, -0.2) is 0 Å². The van der Waals surface area contributed by atoms with Gasteiger partial charge in [0.2, 0.25) is 0 Å². The molecule has 0 fully saturated rings. The fourth-order valence-corrected chi connectivity index (χ4v) is 2.85. The smallest absolute Gasteiger partial charge is 0.673 e. The molecule has 0 saturated carbocycles. The van der Waals surface area contributed by atoms with Gasteiger partial charge in [-0.15, -0.1) is 53.4 Å². The minimum Gasteiger partial charge on any atom is -0.673 e. The third kappa shape index (κ3) is 7.50. The Bertz CT molecular complexity index is 780. The predicted octanol–water partition coefficient (Wildman–Crippen LogP) is 7.82. The Labute approximate surface area is 186 Å². The van der Waals surface area contributed by atoms with E-state index in [0.717, 1.165) is 12.0 Å². The molecule has 0 aromatic heterocycles. The zero-order chi connectivity index (χ0) is 17.2. The maximum atomic E-state index is 6.94. The molecule has 0 atom stereocenters. The van der Waals surface area contributed by atoms with Crippen LogP contribution < -0.4 is 0 Å². The van der Waals surface area contributed by atoms with Gasteiger partial charge < -0.3 is 5.73 Å². The number of fused-ring (bicyclic) bond motifs is 1. The zero-order valence-electron chi connectivity index (χ0n) is 16.3. The fraction of sp³-hybridized carbons (Fsp3) is 0.318. The maximum absolute atomic E-state index is 6.94. The summed E-state index contributed by atoms with van der Waals surface area (Å²) in [5.74, 6) is 0. The molecule has 0 aliphatic heterocycles. The monoisotopic (exact) mass is 425 g/mol. The molecule has 0 bridgehead atoms. The topological polar surface area (TPSA) is 23.8 Å². The van der Waals surface area contributed by atoms with Gasteiger partial charge >= 0.3 is 21.7 Å². The first-order valence-electron chi connectivity index (χ1n) is 8.13. The quantitative estimate of drug-likeness (QED) is 0.328. The van der Waals surface area contributed by atoms with Crippen molar-refractivity contribution in [2.45, 2.75) is 46.6 Å². The summed E-state index contributed by atoms with van der Waals surface area (Å²) in [6.45, 7) is 14.2. The van der Waals surface area contributed by atoms with Crippen molar-refractivity contribution in [2.75, 3.05) is 0 Å². The molecule has 1 nitrogen and oxygen atoms in total. The number of rotatable bonds is 1. The van der Waals surface area contributed by atoms with E-state index in [9.17, 15) is 0 Å². The summed E-state index contributed by atoms with van der Waals surface area (Å²) < 4.78 is 0. The van der Waals surface area contributed by atoms with Crippen LogP contribution in [0.5, 0.6) is 0 Å². The molecule has 1 aliphatic carbocycles. The maximum Gasteiger partial charge on any atom is 2.00 e. The summed E-state index contributed by atoms with van der Waals surface area (Å²) >= 11 is 0. The van der Waals surface area contributed by atoms with Crippen LogP contribution in [0, 0.1) is 6.92 Å². The summed E-state index contributed by atoms with van der Waals surface area (Å²) in [4.78, 5) is 0. The average molecular weight is 426 g/mol. The molecule has 3 rings (SSSR count). The molecule has 0 heterocycles. The molecular weight excluding hydrogens is 397 g/mol. The van der Waals surface area contributed by atoms with Crippen LogP contribution in [-0.4, -0.2) is 5.54 Å². The molecule has 26 heavy (non-hydrogen) atoms. The van der Waals surface area contributed by atoms with E-state index in [2.05, 4.69) is 63.2 Å². The van der Waals surface area contributed by atoms with Crippen LogP contribution >= 0.6 is 24.8 Å². The SMILES string of the molecule is CC(C)(C)[NH-].Cl.Cl.[CH2-]c1c(C2=C(C)C=C(C)C2)ccc2ccccc12.[Ti+2]. The number of benzene rings is 2. The predicted molar refractivity (Wildman–Crippen MR) is 118 cm³/mol. The first kappa shape index (κ1) is 27.5. The Kier molecular flexibility index (Phi) is 11.9. The van der Waals surface area contributed by atoms with Crippen LogP contribution in [0.15, 0.2) is 53.6 Å². The van der Waals surface area contributed by atoms with E-state index in [0.29, 0.717) is 0 Å². The Morgan fingerprint density at radius 1 is 0.962 bits per heavy atom. The van der Waals surface area contributed by atoms with Crippen molar-refractivity contribution in [1.29, 1.82) is 0 Å². The number of allylic oxidation sites excluding steroid dienone is 4. The van der Waals surface area contributed by atoms with Crippen molar-refractivity contribution in [2.24, 2.45) is 0 Å². The molecule has 2 aromatic rings. The van der Waals surface area contributed by atoms with E-state index < -0.39 is 0 Å². The van der Waals surface area contributed by atoms with Crippen molar-refractivity contribution < 1.29 is 21.7 Å². The van der Waals surface area contributed by atoms with Gasteiger partial charge in [-0.05, 0) is 20.3 Å².